The van der Waals surface area contributed by atoms with Crippen LogP contribution in [0.3, 0.4) is 0 Å². The molecule has 92 valence electrons. The molecular formula is C12H16N2O3. The molecule has 0 aliphatic carbocycles. The van der Waals surface area contributed by atoms with Gasteiger partial charge in [-0.1, -0.05) is 18.6 Å². The molecule has 1 aliphatic rings. The Labute approximate surface area is 99.6 Å². The first kappa shape index (κ1) is 11.9. The van der Waals surface area contributed by atoms with Gasteiger partial charge in [0.2, 0.25) is 0 Å². The Hall–Kier alpha value is -1.62. The second kappa shape index (κ2) is 4.71. The van der Waals surface area contributed by atoms with Gasteiger partial charge in [0, 0.05) is 17.2 Å². The van der Waals surface area contributed by atoms with Gasteiger partial charge in [-0.25, -0.2) is 0 Å². The quantitative estimate of drug-likeness (QED) is 0.610. The monoisotopic (exact) mass is 236 g/mol. The molecule has 1 atom stereocenters. The summed E-state index contributed by atoms with van der Waals surface area (Å²) in [6.07, 6.45) is 3.11. The summed E-state index contributed by atoms with van der Waals surface area (Å²) in [5.74, 6) is -0.186. The van der Waals surface area contributed by atoms with Crippen LogP contribution in [0.4, 0.5) is 5.69 Å². The molecule has 5 nitrogen and oxygen atoms in total. The molecule has 1 fully saturated rings. The highest BCUT2D eigenvalue weighted by Crippen LogP contribution is 2.38. The molecule has 0 saturated carbocycles. The maximum absolute atomic E-state index is 10.9. The molecule has 2 N–H and O–H groups in total. The Kier molecular flexibility index (Phi) is 3.28. The third kappa shape index (κ3) is 2.24. The number of nitrogens with zero attached hydrogens (tertiary/aromatic N) is 1. The lowest BCUT2D eigenvalue weighted by molar-refractivity contribution is -0.386. The number of aromatic hydroxyl groups is 1. The van der Waals surface area contributed by atoms with Gasteiger partial charge in [-0.2, -0.15) is 0 Å². The molecule has 1 aromatic rings. The number of hydrogen-bond donors (Lipinski definition) is 2. The smallest absolute Gasteiger partial charge is 0.313 e. The van der Waals surface area contributed by atoms with Crippen molar-refractivity contribution in [1.29, 1.82) is 0 Å². The van der Waals surface area contributed by atoms with E-state index in [1.165, 1.54) is 0 Å². The van der Waals surface area contributed by atoms with Gasteiger partial charge < -0.3 is 10.4 Å². The van der Waals surface area contributed by atoms with Crippen LogP contribution in [-0.4, -0.2) is 16.6 Å². The Morgan fingerprint density at radius 1 is 1.47 bits per heavy atom. The first-order chi connectivity index (χ1) is 8.11. The lowest BCUT2D eigenvalue weighted by atomic mass is 9.95. The molecule has 17 heavy (non-hydrogen) atoms. The Balaban J connectivity index is 2.41. The van der Waals surface area contributed by atoms with Crippen LogP contribution in [0, 0.1) is 17.0 Å². The van der Waals surface area contributed by atoms with Gasteiger partial charge in [-0.15, -0.1) is 0 Å². The van der Waals surface area contributed by atoms with Crippen LogP contribution >= 0.6 is 0 Å². The maximum atomic E-state index is 10.9. The molecule has 1 saturated heterocycles. The van der Waals surface area contributed by atoms with Gasteiger partial charge in [0.1, 0.15) is 0 Å². The number of benzene rings is 1. The van der Waals surface area contributed by atoms with Gasteiger partial charge in [0.25, 0.3) is 0 Å². The normalized spacial score (nSPS) is 20.2. The third-order valence-corrected chi connectivity index (χ3v) is 3.25. The second-order valence-corrected chi connectivity index (χ2v) is 4.43. The van der Waals surface area contributed by atoms with Crippen LogP contribution < -0.4 is 5.32 Å². The van der Waals surface area contributed by atoms with E-state index in [0.29, 0.717) is 11.1 Å². The van der Waals surface area contributed by atoms with Crippen molar-refractivity contribution in [2.45, 2.75) is 32.2 Å². The SMILES string of the molecule is Cc1ccc([C@H]2CCCCN2)c(O)c1[N+](=O)[O-]. The van der Waals surface area contributed by atoms with E-state index in [4.69, 9.17) is 0 Å². The van der Waals surface area contributed by atoms with Crippen molar-refractivity contribution >= 4 is 5.69 Å². The fraction of sp³-hybridized carbons (Fsp3) is 0.500. The van der Waals surface area contributed by atoms with E-state index in [0.717, 1.165) is 25.8 Å². The highest BCUT2D eigenvalue weighted by molar-refractivity contribution is 5.56. The number of nitro groups is 1. The number of aryl methyl sites for hydroxylation is 1. The Morgan fingerprint density at radius 3 is 2.82 bits per heavy atom. The van der Waals surface area contributed by atoms with E-state index in [-0.39, 0.29) is 17.5 Å². The highest BCUT2D eigenvalue weighted by atomic mass is 16.6. The molecule has 0 spiro atoms. The van der Waals surface area contributed by atoms with E-state index in [9.17, 15) is 15.2 Å². The third-order valence-electron chi connectivity index (χ3n) is 3.25. The number of nitrogens with one attached hydrogen (secondary N) is 1. The highest BCUT2D eigenvalue weighted by Gasteiger charge is 2.25. The average molecular weight is 236 g/mol. The first-order valence-corrected chi connectivity index (χ1v) is 5.81. The van der Waals surface area contributed by atoms with Crippen LogP contribution in [0.1, 0.15) is 36.4 Å². The molecule has 0 bridgehead atoms. The molecule has 0 aromatic heterocycles. The first-order valence-electron chi connectivity index (χ1n) is 5.81. The van der Waals surface area contributed by atoms with Crippen LogP contribution in [0.2, 0.25) is 0 Å². The standard InChI is InChI=1S/C12H16N2O3/c1-8-5-6-9(10-4-2-3-7-13-10)12(15)11(8)14(16)17/h5-6,10,13,15H,2-4,7H2,1H3/t10-/m1/s1. The molecule has 1 aromatic carbocycles. The summed E-state index contributed by atoms with van der Waals surface area (Å²) in [6, 6.07) is 3.51. The largest absolute Gasteiger partial charge is 0.502 e. The lowest BCUT2D eigenvalue weighted by Crippen LogP contribution is -2.26. The zero-order valence-corrected chi connectivity index (χ0v) is 9.77. The van der Waals surface area contributed by atoms with Crippen molar-refractivity contribution in [2.24, 2.45) is 0 Å². The summed E-state index contributed by atoms with van der Waals surface area (Å²) in [5, 5.41) is 24.2. The zero-order chi connectivity index (χ0) is 12.4. The summed E-state index contributed by atoms with van der Waals surface area (Å²) in [7, 11) is 0. The zero-order valence-electron chi connectivity index (χ0n) is 9.77. The average Bonchev–Trinajstić information content (AvgIpc) is 2.30. The van der Waals surface area contributed by atoms with Crippen molar-refractivity contribution in [3.8, 4) is 5.75 Å². The van der Waals surface area contributed by atoms with Crippen molar-refractivity contribution in [3.05, 3.63) is 33.4 Å². The molecule has 0 unspecified atom stereocenters. The number of nitro benzene ring substituents is 1. The summed E-state index contributed by atoms with van der Waals surface area (Å²) in [5.41, 5.74) is 0.962. The van der Waals surface area contributed by atoms with Crippen molar-refractivity contribution in [2.75, 3.05) is 6.54 Å². The lowest BCUT2D eigenvalue weighted by Gasteiger charge is -2.24. The minimum Gasteiger partial charge on any atom is -0.502 e. The number of piperidine rings is 1. The summed E-state index contributed by atoms with van der Waals surface area (Å²) in [4.78, 5) is 10.4. The van der Waals surface area contributed by atoms with Crippen LogP contribution in [0.5, 0.6) is 5.75 Å². The van der Waals surface area contributed by atoms with Gasteiger partial charge in [-0.3, -0.25) is 10.1 Å². The molecule has 5 heteroatoms. The fourth-order valence-electron chi connectivity index (χ4n) is 2.33. The maximum Gasteiger partial charge on any atom is 0.313 e. The van der Waals surface area contributed by atoms with Crippen LogP contribution in [0.25, 0.3) is 0 Å². The summed E-state index contributed by atoms with van der Waals surface area (Å²) in [6.45, 7) is 2.53. The topological polar surface area (TPSA) is 75.4 Å². The summed E-state index contributed by atoms with van der Waals surface area (Å²) >= 11 is 0. The second-order valence-electron chi connectivity index (χ2n) is 4.43. The molecule has 1 aliphatic heterocycles. The molecule has 0 radical (unpaired) electrons. The van der Waals surface area contributed by atoms with E-state index >= 15 is 0 Å². The molecule has 0 amide bonds. The minimum absolute atomic E-state index is 0.0306. The summed E-state index contributed by atoms with van der Waals surface area (Å²) < 4.78 is 0. The van der Waals surface area contributed by atoms with Crippen LogP contribution in [-0.2, 0) is 0 Å². The Bertz CT molecular complexity index is 440. The predicted molar refractivity (Wildman–Crippen MR) is 64.1 cm³/mol. The van der Waals surface area contributed by atoms with Crippen molar-refractivity contribution < 1.29 is 10.0 Å². The number of rotatable bonds is 2. The number of hydrogen-bond acceptors (Lipinski definition) is 4. The van der Waals surface area contributed by atoms with Crippen molar-refractivity contribution in [3.63, 3.8) is 0 Å². The molecule has 1 heterocycles. The number of phenols is 1. The Morgan fingerprint density at radius 2 is 2.24 bits per heavy atom. The van der Waals surface area contributed by atoms with Gasteiger partial charge in [0.05, 0.1) is 4.92 Å². The fourth-order valence-corrected chi connectivity index (χ4v) is 2.33. The van der Waals surface area contributed by atoms with Gasteiger partial charge in [0.15, 0.2) is 5.75 Å². The van der Waals surface area contributed by atoms with Crippen LogP contribution in [0.15, 0.2) is 12.1 Å². The molecular weight excluding hydrogens is 220 g/mol. The van der Waals surface area contributed by atoms with E-state index in [1.54, 1.807) is 19.1 Å². The van der Waals surface area contributed by atoms with E-state index in [1.807, 2.05) is 0 Å². The van der Waals surface area contributed by atoms with Gasteiger partial charge >= 0.3 is 5.69 Å². The van der Waals surface area contributed by atoms with E-state index < -0.39 is 4.92 Å². The van der Waals surface area contributed by atoms with Gasteiger partial charge in [-0.05, 0) is 26.3 Å². The minimum atomic E-state index is -0.517. The number of phenolic OH excluding ortho intramolecular Hbond substituents is 1. The molecule has 2 rings (SSSR count). The predicted octanol–water partition coefficient (Wildman–Crippen LogP) is 2.42. The van der Waals surface area contributed by atoms with E-state index in [2.05, 4.69) is 5.32 Å². The van der Waals surface area contributed by atoms with Crippen molar-refractivity contribution in [1.82, 2.24) is 5.32 Å².